The molecule has 1 aromatic heterocycles. The topological polar surface area (TPSA) is 107 Å². The van der Waals surface area contributed by atoms with Gasteiger partial charge in [-0.25, -0.2) is 9.48 Å². The van der Waals surface area contributed by atoms with Crippen molar-refractivity contribution in [2.24, 2.45) is 7.05 Å². The molecule has 0 bridgehead atoms. The van der Waals surface area contributed by atoms with E-state index in [1.54, 1.807) is 42.5 Å². The molecule has 0 fully saturated rings. The summed E-state index contributed by atoms with van der Waals surface area (Å²) in [5, 5.41) is 7.27. The van der Waals surface area contributed by atoms with E-state index in [1.165, 1.54) is 27.0 Å². The van der Waals surface area contributed by atoms with Crippen molar-refractivity contribution in [1.29, 1.82) is 0 Å². The predicted octanol–water partition coefficient (Wildman–Crippen LogP) is 2.32. The first-order chi connectivity index (χ1) is 13.8. The van der Waals surface area contributed by atoms with Gasteiger partial charge in [0.25, 0.3) is 11.5 Å². The van der Waals surface area contributed by atoms with Crippen molar-refractivity contribution in [3.05, 3.63) is 70.1 Å². The fourth-order valence-electron chi connectivity index (χ4n) is 2.78. The third kappa shape index (κ3) is 4.21. The molecule has 1 amide bonds. The first-order valence-corrected chi connectivity index (χ1v) is 8.87. The van der Waals surface area contributed by atoms with E-state index < -0.39 is 18.0 Å². The number of carbonyl (C=O) groups is 3. The maximum absolute atomic E-state index is 12.6. The summed E-state index contributed by atoms with van der Waals surface area (Å²) in [5.41, 5.74) is 0.471. The van der Waals surface area contributed by atoms with Crippen molar-refractivity contribution in [1.82, 2.24) is 9.78 Å². The molecular weight excluding hydrogens is 374 g/mol. The zero-order chi connectivity index (χ0) is 21.1. The number of ketones is 1. The molecular formula is C21H19N3O5. The first kappa shape index (κ1) is 19.9. The Kier molecular flexibility index (Phi) is 5.54. The Morgan fingerprint density at radius 1 is 1.07 bits per heavy atom. The average Bonchev–Trinajstić information content (AvgIpc) is 2.70. The lowest BCUT2D eigenvalue weighted by Gasteiger charge is -2.14. The van der Waals surface area contributed by atoms with Crippen LogP contribution in [0.25, 0.3) is 10.8 Å². The number of aromatic nitrogens is 2. The van der Waals surface area contributed by atoms with Gasteiger partial charge in [-0.2, -0.15) is 5.10 Å². The van der Waals surface area contributed by atoms with E-state index in [1.807, 2.05) is 0 Å². The minimum atomic E-state index is -1.12. The van der Waals surface area contributed by atoms with Crippen LogP contribution in [0.15, 0.2) is 53.3 Å². The van der Waals surface area contributed by atoms with Gasteiger partial charge in [-0.05, 0) is 32.0 Å². The summed E-state index contributed by atoms with van der Waals surface area (Å²) in [6.07, 6.45) is -1.12. The monoisotopic (exact) mass is 393 g/mol. The van der Waals surface area contributed by atoms with Crippen molar-refractivity contribution in [2.75, 3.05) is 5.32 Å². The standard InChI is InChI=1S/C21H19N3O5/c1-12(25)14-7-6-8-15(11-14)22-19(26)13(2)29-21(28)18-16-9-4-5-10-17(16)20(27)24(3)23-18/h4-11,13H,1-3H3,(H,22,26)/t13-/m0/s1. The van der Waals surface area contributed by atoms with Gasteiger partial charge in [-0.15, -0.1) is 0 Å². The molecule has 1 atom stereocenters. The second-order valence-corrected chi connectivity index (χ2v) is 6.50. The van der Waals surface area contributed by atoms with E-state index in [2.05, 4.69) is 10.4 Å². The number of ether oxygens (including phenoxy) is 1. The molecule has 0 radical (unpaired) electrons. The molecule has 29 heavy (non-hydrogen) atoms. The zero-order valence-corrected chi connectivity index (χ0v) is 16.1. The Morgan fingerprint density at radius 3 is 2.45 bits per heavy atom. The number of nitrogens with one attached hydrogen (secondary N) is 1. The van der Waals surface area contributed by atoms with Crippen LogP contribution in [0.5, 0.6) is 0 Å². The van der Waals surface area contributed by atoms with E-state index >= 15 is 0 Å². The molecule has 0 aliphatic heterocycles. The third-order valence-electron chi connectivity index (χ3n) is 4.34. The van der Waals surface area contributed by atoms with Crippen molar-refractivity contribution in [3.63, 3.8) is 0 Å². The largest absolute Gasteiger partial charge is 0.448 e. The van der Waals surface area contributed by atoms with Crippen molar-refractivity contribution in [2.45, 2.75) is 20.0 Å². The van der Waals surface area contributed by atoms with Gasteiger partial charge in [0.05, 0.1) is 5.39 Å². The van der Waals surface area contributed by atoms with E-state index in [0.717, 1.165) is 4.68 Å². The van der Waals surface area contributed by atoms with Crippen molar-refractivity contribution < 1.29 is 19.1 Å². The summed E-state index contributed by atoms with van der Waals surface area (Å²) in [6, 6.07) is 13.0. The van der Waals surface area contributed by atoms with E-state index in [0.29, 0.717) is 22.0 Å². The molecule has 1 heterocycles. The van der Waals surface area contributed by atoms with Gasteiger partial charge in [-0.1, -0.05) is 30.3 Å². The normalized spacial score (nSPS) is 11.7. The van der Waals surface area contributed by atoms with Crippen LogP contribution >= 0.6 is 0 Å². The molecule has 0 unspecified atom stereocenters. The SMILES string of the molecule is CC(=O)c1cccc(NC(=O)[C@H](C)OC(=O)c2nn(C)c(=O)c3ccccc23)c1. The summed E-state index contributed by atoms with van der Waals surface area (Å²) in [4.78, 5) is 48.6. The Morgan fingerprint density at radius 2 is 1.76 bits per heavy atom. The number of amides is 1. The smallest absolute Gasteiger partial charge is 0.360 e. The Balaban J connectivity index is 1.79. The van der Waals surface area contributed by atoms with Gasteiger partial charge in [0, 0.05) is 23.7 Å². The summed E-state index contributed by atoms with van der Waals surface area (Å²) >= 11 is 0. The molecule has 8 nitrogen and oxygen atoms in total. The fraction of sp³-hybridized carbons (Fsp3) is 0.190. The summed E-state index contributed by atoms with van der Waals surface area (Å²) in [6.45, 7) is 2.85. The Hall–Kier alpha value is -3.81. The number of benzene rings is 2. The number of rotatable bonds is 5. The number of hydrogen-bond donors (Lipinski definition) is 1. The van der Waals surface area contributed by atoms with Crippen LogP contribution < -0.4 is 10.9 Å². The van der Waals surface area contributed by atoms with Crippen molar-refractivity contribution >= 4 is 34.1 Å². The molecule has 0 spiro atoms. The number of esters is 1. The van der Waals surface area contributed by atoms with Gasteiger partial charge >= 0.3 is 5.97 Å². The van der Waals surface area contributed by atoms with Crippen LogP contribution in [0.4, 0.5) is 5.69 Å². The van der Waals surface area contributed by atoms with Crippen LogP contribution in [0, 0.1) is 0 Å². The highest BCUT2D eigenvalue weighted by molar-refractivity contribution is 6.04. The van der Waals surface area contributed by atoms with Crippen LogP contribution in [-0.4, -0.2) is 33.5 Å². The maximum Gasteiger partial charge on any atom is 0.360 e. The zero-order valence-electron chi connectivity index (χ0n) is 16.1. The number of aryl methyl sites for hydroxylation is 1. The van der Waals surface area contributed by atoms with Gasteiger partial charge in [0.2, 0.25) is 0 Å². The molecule has 1 N–H and O–H groups in total. The molecule has 3 aromatic rings. The number of nitrogens with zero attached hydrogens (tertiary/aromatic N) is 2. The lowest BCUT2D eigenvalue weighted by molar-refractivity contribution is -0.123. The quantitative estimate of drug-likeness (QED) is 0.527. The van der Waals surface area contributed by atoms with Crippen molar-refractivity contribution in [3.8, 4) is 0 Å². The fourth-order valence-corrected chi connectivity index (χ4v) is 2.78. The van der Waals surface area contributed by atoms with Gasteiger partial charge in [-0.3, -0.25) is 14.4 Å². The molecule has 148 valence electrons. The first-order valence-electron chi connectivity index (χ1n) is 8.87. The number of anilines is 1. The molecule has 3 rings (SSSR count). The number of carbonyl (C=O) groups excluding carboxylic acids is 3. The predicted molar refractivity (Wildman–Crippen MR) is 107 cm³/mol. The number of fused-ring (bicyclic) bond motifs is 1. The van der Waals surface area contributed by atoms with Gasteiger partial charge < -0.3 is 10.1 Å². The molecule has 8 heteroatoms. The minimum Gasteiger partial charge on any atom is -0.448 e. The molecule has 2 aromatic carbocycles. The number of hydrogen-bond acceptors (Lipinski definition) is 6. The summed E-state index contributed by atoms with van der Waals surface area (Å²) in [5.74, 6) is -1.52. The van der Waals surface area contributed by atoms with Gasteiger partial charge in [0.1, 0.15) is 0 Å². The second-order valence-electron chi connectivity index (χ2n) is 6.50. The lowest BCUT2D eigenvalue weighted by atomic mass is 10.1. The third-order valence-corrected chi connectivity index (χ3v) is 4.34. The molecule has 0 saturated heterocycles. The minimum absolute atomic E-state index is 0.0547. The van der Waals surface area contributed by atoms with E-state index in [-0.39, 0.29) is 17.0 Å². The van der Waals surface area contributed by atoms with Crippen LogP contribution in [0.2, 0.25) is 0 Å². The molecule has 0 aliphatic rings. The molecule has 0 saturated carbocycles. The van der Waals surface area contributed by atoms with Gasteiger partial charge in [0.15, 0.2) is 17.6 Å². The summed E-state index contributed by atoms with van der Waals surface area (Å²) < 4.78 is 6.31. The average molecular weight is 393 g/mol. The van der Waals surface area contributed by atoms with Crippen LogP contribution in [0.1, 0.15) is 34.7 Å². The summed E-state index contributed by atoms with van der Waals surface area (Å²) in [7, 11) is 1.43. The highest BCUT2D eigenvalue weighted by atomic mass is 16.5. The molecule has 0 aliphatic carbocycles. The highest BCUT2D eigenvalue weighted by Gasteiger charge is 2.23. The second kappa shape index (κ2) is 8.05. The Bertz CT molecular complexity index is 1180. The maximum atomic E-state index is 12.6. The number of Topliss-reactive ketones (excluding diaryl/α,β-unsaturated/α-hetero) is 1. The lowest BCUT2D eigenvalue weighted by Crippen LogP contribution is -2.31. The van der Waals surface area contributed by atoms with E-state index in [4.69, 9.17) is 4.74 Å². The Labute approximate surface area is 166 Å². The van der Waals surface area contributed by atoms with Crippen LogP contribution in [0.3, 0.4) is 0 Å². The highest BCUT2D eigenvalue weighted by Crippen LogP contribution is 2.16. The van der Waals surface area contributed by atoms with E-state index in [9.17, 15) is 19.2 Å². The van der Waals surface area contributed by atoms with Crippen LogP contribution in [-0.2, 0) is 16.6 Å².